The molecule has 4 nitrogen and oxygen atoms in total. The van der Waals surface area contributed by atoms with Gasteiger partial charge in [-0.1, -0.05) is 30.3 Å². The molecule has 0 spiro atoms. The summed E-state index contributed by atoms with van der Waals surface area (Å²) in [6.45, 7) is 1.63. The molecule has 1 amide bonds. The third kappa shape index (κ3) is 4.27. The Morgan fingerprint density at radius 2 is 1.85 bits per heavy atom. The van der Waals surface area contributed by atoms with Crippen molar-refractivity contribution in [2.24, 2.45) is 0 Å². The van der Waals surface area contributed by atoms with Crippen molar-refractivity contribution in [3.05, 3.63) is 35.9 Å². The number of carbonyl (C=O) groups is 2. The monoisotopic (exact) mass is 293 g/mol. The highest BCUT2D eigenvalue weighted by Crippen LogP contribution is 2.19. The molecule has 1 N–H and O–H groups in total. The Hall–Kier alpha value is -1.49. The Kier molecular flexibility index (Phi) is 5.47. The van der Waals surface area contributed by atoms with Gasteiger partial charge in [0.2, 0.25) is 5.91 Å². The first-order valence-corrected chi connectivity index (χ1v) is 7.88. The number of hydrogen-bond acceptors (Lipinski definition) is 3. The lowest BCUT2D eigenvalue weighted by Crippen LogP contribution is -2.31. The average Bonchev–Trinajstić information content (AvgIpc) is 2.98. The van der Waals surface area contributed by atoms with Crippen molar-refractivity contribution in [2.45, 2.75) is 24.5 Å². The van der Waals surface area contributed by atoms with Crippen LogP contribution in [0.15, 0.2) is 30.3 Å². The van der Waals surface area contributed by atoms with Gasteiger partial charge in [0.25, 0.3) is 0 Å². The number of carbonyl (C=O) groups excluding carboxylic acids is 1. The molecule has 1 aliphatic heterocycles. The fourth-order valence-electron chi connectivity index (χ4n) is 2.28. The zero-order chi connectivity index (χ0) is 14.4. The van der Waals surface area contributed by atoms with Gasteiger partial charge in [-0.15, -0.1) is 11.8 Å². The van der Waals surface area contributed by atoms with Crippen molar-refractivity contribution in [1.82, 2.24) is 4.90 Å². The summed E-state index contributed by atoms with van der Waals surface area (Å²) in [4.78, 5) is 25.1. The number of likely N-dealkylation sites (tertiary alicyclic amines) is 1. The van der Waals surface area contributed by atoms with E-state index in [-0.39, 0.29) is 11.7 Å². The van der Waals surface area contributed by atoms with Gasteiger partial charge in [-0.2, -0.15) is 0 Å². The maximum Gasteiger partial charge on any atom is 0.316 e. The molecule has 1 atom stereocenters. The Bertz CT molecular complexity index is 457. The highest BCUT2D eigenvalue weighted by Gasteiger charge is 2.23. The van der Waals surface area contributed by atoms with Crippen LogP contribution in [-0.4, -0.2) is 46.0 Å². The minimum Gasteiger partial charge on any atom is -0.480 e. The largest absolute Gasteiger partial charge is 0.480 e. The van der Waals surface area contributed by atoms with Gasteiger partial charge >= 0.3 is 5.97 Å². The third-order valence-electron chi connectivity index (χ3n) is 3.41. The first kappa shape index (κ1) is 14.9. The van der Waals surface area contributed by atoms with Crippen LogP contribution in [0.1, 0.15) is 18.4 Å². The second-order valence-corrected chi connectivity index (χ2v) is 6.11. The molecule has 0 bridgehead atoms. The number of rotatable bonds is 6. The van der Waals surface area contributed by atoms with Crippen LogP contribution >= 0.6 is 11.8 Å². The van der Waals surface area contributed by atoms with Crippen molar-refractivity contribution < 1.29 is 14.7 Å². The lowest BCUT2D eigenvalue weighted by Gasteiger charge is -2.17. The summed E-state index contributed by atoms with van der Waals surface area (Å²) in [6.07, 6.45) is 2.57. The molecular weight excluding hydrogens is 274 g/mol. The number of aliphatic carboxylic acids is 1. The van der Waals surface area contributed by atoms with Crippen LogP contribution in [0.2, 0.25) is 0 Å². The van der Waals surface area contributed by atoms with Gasteiger partial charge in [0.1, 0.15) is 5.25 Å². The van der Waals surface area contributed by atoms with Crippen LogP contribution < -0.4 is 0 Å². The first-order chi connectivity index (χ1) is 9.66. The number of nitrogens with zero attached hydrogens (tertiary/aromatic N) is 1. The molecule has 1 fully saturated rings. The molecular formula is C15H19NO3S. The topological polar surface area (TPSA) is 57.6 Å². The van der Waals surface area contributed by atoms with Crippen molar-refractivity contribution in [2.75, 3.05) is 18.8 Å². The van der Waals surface area contributed by atoms with E-state index in [1.807, 2.05) is 35.2 Å². The predicted octanol–water partition coefficient (Wildman–Crippen LogP) is 2.04. The molecule has 2 rings (SSSR count). The van der Waals surface area contributed by atoms with E-state index >= 15 is 0 Å². The fraction of sp³-hybridized carbons (Fsp3) is 0.467. The maximum atomic E-state index is 11.9. The zero-order valence-corrected chi connectivity index (χ0v) is 12.1. The van der Waals surface area contributed by atoms with Gasteiger partial charge < -0.3 is 10.0 Å². The van der Waals surface area contributed by atoms with E-state index in [0.717, 1.165) is 31.5 Å². The molecule has 1 unspecified atom stereocenters. The van der Waals surface area contributed by atoms with Crippen molar-refractivity contribution in [1.29, 1.82) is 0 Å². The minimum atomic E-state index is -0.854. The van der Waals surface area contributed by atoms with E-state index < -0.39 is 11.2 Å². The van der Waals surface area contributed by atoms with E-state index in [0.29, 0.717) is 6.42 Å². The van der Waals surface area contributed by atoms with Gasteiger partial charge in [-0.05, 0) is 24.8 Å². The van der Waals surface area contributed by atoms with Crippen LogP contribution in [0, 0.1) is 0 Å². The standard InChI is InChI=1S/C15H19NO3S/c17-14(16-8-4-5-9-16)11-20-13(15(18)19)10-12-6-2-1-3-7-12/h1-3,6-7,13H,4-5,8-11H2,(H,18,19). The molecule has 1 aromatic rings. The normalized spacial score (nSPS) is 16.1. The zero-order valence-electron chi connectivity index (χ0n) is 11.3. The number of thioether (sulfide) groups is 1. The van der Waals surface area contributed by atoms with Crippen LogP contribution in [0.4, 0.5) is 0 Å². The lowest BCUT2D eigenvalue weighted by molar-refractivity contribution is -0.136. The predicted molar refractivity (Wildman–Crippen MR) is 79.8 cm³/mol. The highest BCUT2D eigenvalue weighted by atomic mass is 32.2. The SMILES string of the molecule is O=C(O)C(Cc1ccccc1)SCC(=O)N1CCCC1. The summed E-state index contributed by atoms with van der Waals surface area (Å²) in [5.41, 5.74) is 0.987. The van der Waals surface area contributed by atoms with Crippen LogP contribution in [0.25, 0.3) is 0 Å². The molecule has 0 saturated carbocycles. The summed E-state index contributed by atoms with van der Waals surface area (Å²) in [5.74, 6) is -0.538. The Labute approximate surface area is 123 Å². The van der Waals surface area contributed by atoms with E-state index in [1.165, 1.54) is 11.8 Å². The van der Waals surface area contributed by atoms with Gasteiger partial charge in [0.15, 0.2) is 0 Å². The Morgan fingerprint density at radius 3 is 2.45 bits per heavy atom. The summed E-state index contributed by atoms with van der Waals surface area (Å²) in [5, 5.41) is 8.70. The molecule has 1 heterocycles. The Balaban J connectivity index is 1.86. The summed E-state index contributed by atoms with van der Waals surface area (Å²) >= 11 is 1.23. The smallest absolute Gasteiger partial charge is 0.316 e. The molecule has 20 heavy (non-hydrogen) atoms. The Morgan fingerprint density at radius 1 is 1.20 bits per heavy atom. The lowest BCUT2D eigenvalue weighted by atomic mass is 10.1. The molecule has 108 valence electrons. The quantitative estimate of drug-likeness (QED) is 0.872. The van der Waals surface area contributed by atoms with E-state index in [4.69, 9.17) is 0 Å². The number of hydrogen-bond donors (Lipinski definition) is 1. The first-order valence-electron chi connectivity index (χ1n) is 6.83. The van der Waals surface area contributed by atoms with E-state index in [1.54, 1.807) is 0 Å². The van der Waals surface area contributed by atoms with Crippen LogP contribution in [-0.2, 0) is 16.0 Å². The molecule has 1 aliphatic rings. The number of carboxylic acids is 1. The highest BCUT2D eigenvalue weighted by molar-refractivity contribution is 8.01. The van der Waals surface area contributed by atoms with Gasteiger partial charge in [-0.25, -0.2) is 0 Å². The second-order valence-electron chi connectivity index (χ2n) is 4.92. The summed E-state index contributed by atoms with van der Waals surface area (Å²) in [6, 6.07) is 9.53. The van der Waals surface area contributed by atoms with E-state index in [2.05, 4.69) is 0 Å². The number of benzene rings is 1. The molecule has 1 aromatic carbocycles. The van der Waals surface area contributed by atoms with Crippen molar-refractivity contribution in [3.8, 4) is 0 Å². The fourth-order valence-corrected chi connectivity index (χ4v) is 3.25. The second kappa shape index (κ2) is 7.33. The summed E-state index contributed by atoms with van der Waals surface area (Å²) < 4.78 is 0. The molecule has 0 aromatic heterocycles. The maximum absolute atomic E-state index is 11.9. The van der Waals surface area contributed by atoms with Crippen LogP contribution in [0.5, 0.6) is 0 Å². The van der Waals surface area contributed by atoms with E-state index in [9.17, 15) is 14.7 Å². The van der Waals surface area contributed by atoms with Gasteiger partial charge in [0, 0.05) is 13.1 Å². The average molecular weight is 293 g/mol. The van der Waals surface area contributed by atoms with Gasteiger partial charge in [0.05, 0.1) is 5.75 Å². The molecule has 0 aliphatic carbocycles. The minimum absolute atomic E-state index is 0.0619. The molecule has 0 radical (unpaired) electrons. The van der Waals surface area contributed by atoms with Crippen molar-refractivity contribution in [3.63, 3.8) is 0 Å². The third-order valence-corrected chi connectivity index (χ3v) is 4.59. The molecule has 5 heteroatoms. The van der Waals surface area contributed by atoms with Gasteiger partial charge in [-0.3, -0.25) is 9.59 Å². The number of amides is 1. The number of carboxylic acid groups (broad SMARTS) is 1. The summed E-state index contributed by atoms with van der Waals surface area (Å²) in [7, 11) is 0. The van der Waals surface area contributed by atoms with Crippen molar-refractivity contribution >= 4 is 23.6 Å². The van der Waals surface area contributed by atoms with Crippen LogP contribution in [0.3, 0.4) is 0 Å². The molecule has 1 saturated heterocycles.